The molecular weight excluding hydrogens is 618 g/mol. The molecule has 0 atom stereocenters. The molecule has 3 amide bonds. The van der Waals surface area contributed by atoms with Crippen LogP contribution in [0.5, 0.6) is 11.5 Å². The van der Waals surface area contributed by atoms with Gasteiger partial charge in [-0.25, -0.2) is 14.2 Å². The van der Waals surface area contributed by atoms with Crippen LogP contribution in [0.1, 0.15) is 32.7 Å². The maximum absolute atomic E-state index is 14.9. The summed E-state index contributed by atoms with van der Waals surface area (Å²) in [5, 5.41) is 2.93. The number of benzene rings is 2. The van der Waals surface area contributed by atoms with E-state index in [1.807, 2.05) is 18.0 Å². The van der Waals surface area contributed by atoms with Crippen molar-refractivity contribution in [1.82, 2.24) is 29.6 Å². The van der Waals surface area contributed by atoms with Crippen LogP contribution in [-0.4, -0.2) is 95.4 Å². The fourth-order valence-electron chi connectivity index (χ4n) is 5.88. The highest BCUT2D eigenvalue weighted by Crippen LogP contribution is 2.36. The number of amides is 3. The number of aromatic amines is 1. The Morgan fingerprint density at radius 3 is 2.51 bits per heavy atom. The Hall–Kier alpha value is -4.69. The number of nitrogens with one attached hydrogen (secondary N) is 2. The van der Waals surface area contributed by atoms with Crippen LogP contribution in [0.25, 0.3) is 11.0 Å². The summed E-state index contributed by atoms with van der Waals surface area (Å²) in [4.78, 5) is 39.6. The number of fused-ring (bicyclic) bond motifs is 2. The van der Waals surface area contributed by atoms with Gasteiger partial charge in [0.05, 0.1) is 17.1 Å². The SMILES string of the molecule is CN1CCN(Cc2ccc(NC(=O)N3CCc4ccc(Oc5c(F)cnc6[nH]c(C(=O)N(C)C)cc56)cc4C3)cc2C(F)(F)F)CC1. The standard InChI is InChI=1S/C33H35F4N7O3/c1-41(2)31(45)28-16-25-29(27(34)17-38-30(25)40-28)47-24-7-5-20-8-9-44(19-22(20)14-24)32(46)39-23-6-4-21(26(15-23)33(35,36)37)18-43-12-10-42(3)11-13-43/h4-7,14-17H,8-13,18-19H2,1-3H3,(H,38,40)(H,39,46). The van der Waals surface area contributed by atoms with E-state index in [4.69, 9.17) is 4.74 Å². The monoisotopic (exact) mass is 653 g/mol. The summed E-state index contributed by atoms with van der Waals surface area (Å²) in [7, 11) is 5.18. The molecule has 2 aliphatic heterocycles. The third kappa shape index (κ3) is 7.03. The number of likely N-dealkylation sites (N-methyl/N-ethyl adjacent to an activating group) is 1. The Morgan fingerprint density at radius 2 is 1.79 bits per heavy atom. The summed E-state index contributed by atoms with van der Waals surface area (Å²) in [6, 6.07) is 10.1. The molecule has 10 nitrogen and oxygen atoms in total. The number of H-pyrrole nitrogens is 1. The van der Waals surface area contributed by atoms with E-state index in [1.54, 1.807) is 26.2 Å². The van der Waals surface area contributed by atoms with Crippen LogP contribution < -0.4 is 10.1 Å². The van der Waals surface area contributed by atoms with Crippen LogP contribution in [0.2, 0.25) is 0 Å². The molecule has 0 aliphatic carbocycles. The Balaban J connectivity index is 1.16. The molecular formula is C33H35F4N7O3. The Bertz CT molecular complexity index is 1820. The summed E-state index contributed by atoms with van der Waals surface area (Å²) < 4.78 is 63.1. The second-order valence-electron chi connectivity index (χ2n) is 12.2. The Labute approximate surface area is 268 Å². The third-order valence-corrected chi connectivity index (χ3v) is 8.56. The van der Waals surface area contributed by atoms with Crippen molar-refractivity contribution < 1.29 is 31.9 Å². The molecule has 1 saturated heterocycles. The molecule has 0 radical (unpaired) electrons. The lowest BCUT2D eigenvalue weighted by Gasteiger charge is -2.33. The number of urea groups is 1. The second-order valence-corrected chi connectivity index (χ2v) is 12.2. The summed E-state index contributed by atoms with van der Waals surface area (Å²) in [5.74, 6) is -0.819. The molecule has 0 bridgehead atoms. The molecule has 0 unspecified atom stereocenters. The highest BCUT2D eigenvalue weighted by molar-refractivity contribution is 5.98. The number of hydrogen-bond acceptors (Lipinski definition) is 6. The van der Waals surface area contributed by atoms with Crippen molar-refractivity contribution in [3.8, 4) is 11.5 Å². The Kier molecular flexibility index (Phi) is 8.81. The average Bonchev–Trinajstić information content (AvgIpc) is 3.47. The number of rotatable bonds is 6. The molecule has 6 rings (SSSR count). The summed E-state index contributed by atoms with van der Waals surface area (Å²) in [6.07, 6.45) is -3.05. The highest BCUT2D eigenvalue weighted by atomic mass is 19.4. The van der Waals surface area contributed by atoms with Crippen molar-refractivity contribution in [3.63, 3.8) is 0 Å². The molecule has 2 aromatic heterocycles. The van der Waals surface area contributed by atoms with Gasteiger partial charge in [-0.15, -0.1) is 0 Å². The first kappa shape index (κ1) is 32.3. The van der Waals surface area contributed by atoms with E-state index in [9.17, 15) is 27.2 Å². The minimum absolute atomic E-state index is 0.0585. The number of carbonyl (C=O) groups excluding carboxylic acids is 2. The number of carbonyl (C=O) groups is 2. The number of nitrogens with zero attached hydrogens (tertiary/aromatic N) is 5. The number of aromatic nitrogens is 2. The lowest BCUT2D eigenvalue weighted by Crippen LogP contribution is -2.44. The van der Waals surface area contributed by atoms with Gasteiger partial charge in [0.25, 0.3) is 5.91 Å². The topological polar surface area (TPSA) is 97.0 Å². The lowest BCUT2D eigenvalue weighted by molar-refractivity contribution is -0.138. The zero-order valence-corrected chi connectivity index (χ0v) is 26.2. The number of hydrogen-bond donors (Lipinski definition) is 2. The molecule has 2 aliphatic rings. The van der Waals surface area contributed by atoms with E-state index >= 15 is 0 Å². The molecule has 0 saturated carbocycles. The van der Waals surface area contributed by atoms with Crippen molar-refractivity contribution >= 4 is 28.7 Å². The van der Waals surface area contributed by atoms with Crippen LogP contribution in [0, 0.1) is 5.82 Å². The second kappa shape index (κ2) is 12.8. The Morgan fingerprint density at radius 1 is 1.02 bits per heavy atom. The van der Waals surface area contributed by atoms with Crippen LogP contribution in [0.3, 0.4) is 0 Å². The summed E-state index contributed by atoms with van der Waals surface area (Å²) >= 11 is 0. The maximum Gasteiger partial charge on any atom is 0.416 e. The van der Waals surface area contributed by atoms with E-state index in [0.717, 1.165) is 36.5 Å². The minimum atomic E-state index is -4.58. The molecule has 1 fully saturated rings. The third-order valence-electron chi connectivity index (χ3n) is 8.56. The van der Waals surface area contributed by atoms with Gasteiger partial charge in [-0.05, 0) is 60.5 Å². The molecule has 248 valence electrons. The van der Waals surface area contributed by atoms with E-state index in [2.05, 4.69) is 20.2 Å². The van der Waals surface area contributed by atoms with Crippen LogP contribution >= 0.6 is 0 Å². The van der Waals surface area contributed by atoms with Gasteiger partial charge in [-0.1, -0.05) is 12.1 Å². The quantitative estimate of drug-likeness (QED) is 0.265. The maximum atomic E-state index is 14.9. The van der Waals surface area contributed by atoms with E-state index < -0.39 is 23.6 Å². The largest absolute Gasteiger partial charge is 0.453 e. The van der Waals surface area contributed by atoms with E-state index in [-0.39, 0.29) is 47.3 Å². The smallest absolute Gasteiger partial charge is 0.416 e. The summed E-state index contributed by atoms with van der Waals surface area (Å²) in [5.41, 5.74) is 1.70. The molecule has 47 heavy (non-hydrogen) atoms. The van der Waals surface area contributed by atoms with E-state index in [0.29, 0.717) is 37.2 Å². The van der Waals surface area contributed by atoms with Crippen LogP contribution in [-0.2, 0) is 25.7 Å². The van der Waals surface area contributed by atoms with Gasteiger partial charge >= 0.3 is 12.2 Å². The van der Waals surface area contributed by atoms with E-state index in [1.165, 1.54) is 28.0 Å². The van der Waals surface area contributed by atoms with Gasteiger partial charge in [0.2, 0.25) is 0 Å². The fourth-order valence-corrected chi connectivity index (χ4v) is 5.88. The first-order valence-corrected chi connectivity index (χ1v) is 15.2. The van der Waals surface area contributed by atoms with Gasteiger partial charge < -0.3 is 29.7 Å². The lowest BCUT2D eigenvalue weighted by atomic mass is 9.99. The van der Waals surface area contributed by atoms with Gasteiger partial charge in [-0.2, -0.15) is 13.2 Å². The number of alkyl halides is 3. The molecule has 0 spiro atoms. The van der Waals surface area contributed by atoms with Gasteiger partial charge in [0, 0.05) is 65.6 Å². The zero-order valence-electron chi connectivity index (χ0n) is 26.2. The highest BCUT2D eigenvalue weighted by Gasteiger charge is 2.34. The molecule has 4 heterocycles. The zero-order chi connectivity index (χ0) is 33.5. The molecule has 2 N–H and O–H groups in total. The van der Waals surface area contributed by atoms with Crippen LogP contribution in [0.4, 0.5) is 28.0 Å². The number of anilines is 1. The van der Waals surface area contributed by atoms with Gasteiger partial charge in [0.15, 0.2) is 11.6 Å². The molecule has 4 aromatic rings. The molecule has 14 heteroatoms. The molecule has 2 aromatic carbocycles. The number of ether oxygens (including phenoxy) is 1. The summed E-state index contributed by atoms with van der Waals surface area (Å²) in [6.45, 7) is 3.66. The van der Waals surface area contributed by atoms with Crippen molar-refractivity contribution in [1.29, 1.82) is 0 Å². The van der Waals surface area contributed by atoms with Crippen molar-refractivity contribution in [2.45, 2.75) is 25.7 Å². The minimum Gasteiger partial charge on any atom is -0.453 e. The normalized spacial score (nSPS) is 15.9. The number of piperazine rings is 1. The number of halogens is 4. The van der Waals surface area contributed by atoms with Gasteiger partial charge in [-0.3, -0.25) is 9.69 Å². The van der Waals surface area contributed by atoms with Crippen LogP contribution in [0.15, 0.2) is 48.7 Å². The first-order chi connectivity index (χ1) is 22.4. The predicted molar refractivity (Wildman–Crippen MR) is 168 cm³/mol. The van der Waals surface area contributed by atoms with Crippen molar-refractivity contribution in [3.05, 3.63) is 82.4 Å². The fraction of sp³-hybridized carbons (Fsp3) is 0.364. The van der Waals surface area contributed by atoms with Gasteiger partial charge in [0.1, 0.15) is 17.1 Å². The average molecular weight is 654 g/mol. The van der Waals surface area contributed by atoms with Crippen molar-refractivity contribution in [2.75, 3.05) is 59.2 Å². The first-order valence-electron chi connectivity index (χ1n) is 15.2. The van der Waals surface area contributed by atoms with Crippen molar-refractivity contribution in [2.24, 2.45) is 0 Å². The predicted octanol–water partition coefficient (Wildman–Crippen LogP) is 5.55. The number of pyridine rings is 1.